The van der Waals surface area contributed by atoms with E-state index in [4.69, 9.17) is 14.6 Å². The molecule has 5 nitrogen and oxygen atoms in total. The van der Waals surface area contributed by atoms with Crippen molar-refractivity contribution in [2.24, 2.45) is 0 Å². The summed E-state index contributed by atoms with van der Waals surface area (Å²) in [6.45, 7) is 4.10. The second kappa shape index (κ2) is 7.43. The highest BCUT2D eigenvalue weighted by molar-refractivity contribution is 5.67. The van der Waals surface area contributed by atoms with E-state index in [2.05, 4.69) is 24.0 Å². The number of morpholine rings is 1. The van der Waals surface area contributed by atoms with Crippen molar-refractivity contribution in [3.63, 3.8) is 0 Å². The minimum absolute atomic E-state index is 0.0375. The summed E-state index contributed by atoms with van der Waals surface area (Å²) >= 11 is 0. The van der Waals surface area contributed by atoms with Crippen molar-refractivity contribution in [2.75, 3.05) is 26.9 Å². The number of carbonyl (C=O) groups is 1. The van der Waals surface area contributed by atoms with Gasteiger partial charge < -0.3 is 14.6 Å². The van der Waals surface area contributed by atoms with Gasteiger partial charge in [0.2, 0.25) is 0 Å². The summed E-state index contributed by atoms with van der Waals surface area (Å²) in [7, 11) is 1.65. The zero-order chi connectivity index (χ0) is 15.2. The number of nitrogens with zero attached hydrogens (tertiary/aromatic N) is 1. The molecule has 1 aromatic rings. The van der Waals surface area contributed by atoms with Crippen molar-refractivity contribution >= 4 is 5.97 Å². The van der Waals surface area contributed by atoms with Gasteiger partial charge in [0.25, 0.3) is 0 Å². The Morgan fingerprint density at radius 2 is 2.19 bits per heavy atom. The lowest BCUT2D eigenvalue weighted by molar-refractivity contribution is -0.140. The van der Waals surface area contributed by atoms with Gasteiger partial charge in [-0.3, -0.25) is 9.69 Å². The van der Waals surface area contributed by atoms with Crippen LogP contribution in [0.3, 0.4) is 0 Å². The molecule has 0 bridgehead atoms. The number of benzene rings is 1. The van der Waals surface area contributed by atoms with E-state index in [0.29, 0.717) is 13.2 Å². The summed E-state index contributed by atoms with van der Waals surface area (Å²) in [6, 6.07) is 8.27. The summed E-state index contributed by atoms with van der Waals surface area (Å²) in [6.07, 6.45) is 1.02. The van der Waals surface area contributed by atoms with E-state index in [0.717, 1.165) is 18.7 Å². The Morgan fingerprint density at radius 1 is 1.48 bits per heavy atom. The van der Waals surface area contributed by atoms with Gasteiger partial charge in [-0.2, -0.15) is 0 Å². The standard InChI is InChI=1S/C16H23NO4/c1-12(9-13-3-5-15(20-2)6-4-13)17-7-8-21-11-14(17)10-16(18)19/h3-6,12,14H,7-11H2,1-2H3,(H,18,19). The molecule has 116 valence electrons. The predicted octanol–water partition coefficient (Wildman–Crippen LogP) is 1.80. The first-order valence-electron chi connectivity index (χ1n) is 7.28. The van der Waals surface area contributed by atoms with E-state index in [9.17, 15) is 4.79 Å². The van der Waals surface area contributed by atoms with Gasteiger partial charge >= 0.3 is 5.97 Å². The fourth-order valence-electron chi connectivity index (χ4n) is 2.85. The van der Waals surface area contributed by atoms with Crippen LogP contribution in [-0.4, -0.2) is 54.9 Å². The Hall–Kier alpha value is -1.59. The smallest absolute Gasteiger partial charge is 0.305 e. The average Bonchev–Trinajstić information content (AvgIpc) is 2.48. The summed E-state index contributed by atoms with van der Waals surface area (Å²) in [5.41, 5.74) is 1.23. The van der Waals surface area contributed by atoms with Crippen LogP contribution in [0.4, 0.5) is 0 Å². The molecule has 0 radical (unpaired) electrons. The lowest BCUT2D eigenvalue weighted by Crippen LogP contribution is -2.51. The largest absolute Gasteiger partial charge is 0.497 e. The maximum atomic E-state index is 11.0. The number of ether oxygens (including phenoxy) is 2. The molecule has 1 aliphatic heterocycles. The number of aliphatic carboxylic acids is 1. The molecule has 5 heteroatoms. The molecule has 1 saturated heterocycles. The van der Waals surface area contributed by atoms with E-state index in [-0.39, 0.29) is 18.5 Å². The first kappa shape index (κ1) is 15.8. The summed E-state index contributed by atoms with van der Waals surface area (Å²) in [5.74, 6) is 0.0775. The molecule has 0 saturated carbocycles. The molecular formula is C16H23NO4. The highest BCUT2D eigenvalue weighted by Crippen LogP contribution is 2.19. The zero-order valence-corrected chi connectivity index (χ0v) is 12.6. The highest BCUT2D eigenvalue weighted by Gasteiger charge is 2.28. The number of hydrogen-bond acceptors (Lipinski definition) is 4. The SMILES string of the molecule is COc1ccc(CC(C)N2CCOCC2CC(=O)O)cc1. The van der Waals surface area contributed by atoms with Crippen LogP contribution in [0.5, 0.6) is 5.75 Å². The number of rotatable bonds is 6. The molecule has 0 aliphatic carbocycles. The van der Waals surface area contributed by atoms with Crippen molar-refractivity contribution in [2.45, 2.75) is 31.8 Å². The third kappa shape index (κ3) is 4.44. The van der Waals surface area contributed by atoms with Gasteiger partial charge in [0.15, 0.2) is 0 Å². The molecule has 1 fully saturated rings. The Labute approximate surface area is 125 Å². The van der Waals surface area contributed by atoms with Crippen molar-refractivity contribution in [1.82, 2.24) is 4.90 Å². The normalized spacial score (nSPS) is 21.0. The molecule has 0 aromatic heterocycles. The van der Waals surface area contributed by atoms with Gasteiger partial charge in [-0.25, -0.2) is 0 Å². The van der Waals surface area contributed by atoms with Crippen LogP contribution < -0.4 is 4.74 Å². The molecule has 0 spiro atoms. The molecule has 2 atom stereocenters. The topological polar surface area (TPSA) is 59.0 Å². The van der Waals surface area contributed by atoms with Gasteiger partial charge in [-0.15, -0.1) is 0 Å². The fourth-order valence-corrected chi connectivity index (χ4v) is 2.85. The molecule has 21 heavy (non-hydrogen) atoms. The summed E-state index contributed by atoms with van der Waals surface area (Å²) in [4.78, 5) is 13.2. The fraction of sp³-hybridized carbons (Fsp3) is 0.562. The molecule has 1 heterocycles. The second-order valence-electron chi connectivity index (χ2n) is 5.47. The van der Waals surface area contributed by atoms with E-state index in [1.807, 2.05) is 12.1 Å². The van der Waals surface area contributed by atoms with Gasteiger partial charge in [0.05, 0.1) is 26.7 Å². The van der Waals surface area contributed by atoms with Crippen LogP contribution in [-0.2, 0) is 16.0 Å². The summed E-state index contributed by atoms with van der Waals surface area (Å²) in [5, 5.41) is 9.02. The van der Waals surface area contributed by atoms with Crippen LogP contribution in [0.2, 0.25) is 0 Å². The third-order valence-electron chi connectivity index (χ3n) is 3.94. The number of carboxylic acids is 1. The number of carboxylic acid groups (broad SMARTS) is 1. The predicted molar refractivity (Wildman–Crippen MR) is 79.7 cm³/mol. The molecule has 2 unspecified atom stereocenters. The Bertz CT molecular complexity index is 460. The second-order valence-corrected chi connectivity index (χ2v) is 5.47. The quantitative estimate of drug-likeness (QED) is 0.866. The van der Waals surface area contributed by atoms with Crippen molar-refractivity contribution < 1.29 is 19.4 Å². The number of methoxy groups -OCH3 is 1. The highest BCUT2D eigenvalue weighted by atomic mass is 16.5. The molecular weight excluding hydrogens is 270 g/mol. The maximum absolute atomic E-state index is 11.0. The molecule has 2 rings (SSSR count). The van der Waals surface area contributed by atoms with Gasteiger partial charge in [0.1, 0.15) is 5.75 Å². The molecule has 1 N–H and O–H groups in total. The molecule has 0 amide bonds. The van der Waals surface area contributed by atoms with E-state index < -0.39 is 5.97 Å². The third-order valence-corrected chi connectivity index (χ3v) is 3.94. The van der Waals surface area contributed by atoms with Crippen LogP contribution in [0.15, 0.2) is 24.3 Å². The first-order valence-corrected chi connectivity index (χ1v) is 7.28. The Kier molecular flexibility index (Phi) is 5.59. The van der Waals surface area contributed by atoms with Crippen LogP contribution in [0.1, 0.15) is 18.9 Å². The van der Waals surface area contributed by atoms with Gasteiger partial charge in [-0.05, 0) is 31.0 Å². The number of hydrogen-bond donors (Lipinski definition) is 1. The van der Waals surface area contributed by atoms with E-state index in [1.54, 1.807) is 7.11 Å². The minimum Gasteiger partial charge on any atom is -0.497 e. The van der Waals surface area contributed by atoms with Gasteiger partial charge in [0, 0.05) is 18.6 Å². The monoisotopic (exact) mass is 293 g/mol. The Balaban J connectivity index is 1.98. The lowest BCUT2D eigenvalue weighted by atomic mass is 10.0. The minimum atomic E-state index is -0.771. The van der Waals surface area contributed by atoms with Crippen molar-refractivity contribution in [1.29, 1.82) is 0 Å². The van der Waals surface area contributed by atoms with Crippen molar-refractivity contribution in [3.8, 4) is 5.75 Å². The zero-order valence-electron chi connectivity index (χ0n) is 12.6. The van der Waals surface area contributed by atoms with E-state index >= 15 is 0 Å². The Morgan fingerprint density at radius 3 is 2.81 bits per heavy atom. The molecule has 1 aromatic carbocycles. The first-order chi connectivity index (χ1) is 10.1. The molecule has 1 aliphatic rings. The van der Waals surface area contributed by atoms with Gasteiger partial charge in [-0.1, -0.05) is 12.1 Å². The average molecular weight is 293 g/mol. The lowest BCUT2D eigenvalue weighted by Gasteiger charge is -2.39. The van der Waals surface area contributed by atoms with Crippen LogP contribution >= 0.6 is 0 Å². The van der Waals surface area contributed by atoms with Crippen LogP contribution in [0, 0.1) is 0 Å². The van der Waals surface area contributed by atoms with Crippen molar-refractivity contribution in [3.05, 3.63) is 29.8 Å². The van der Waals surface area contributed by atoms with Crippen LogP contribution in [0.25, 0.3) is 0 Å². The maximum Gasteiger partial charge on any atom is 0.305 e. The van der Waals surface area contributed by atoms with E-state index in [1.165, 1.54) is 5.56 Å². The summed E-state index contributed by atoms with van der Waals surface area (Å²) < 4.78 is 10.6.